The van der Waals surface area contributed by atoms with E-state index in [0.29, 0.717) is 18.2 Å². The molecule has 0 saturated carbocycles. The predicted octanol–water partition coefficient (Wildman–Crippen LogP) is 0.379. The van der Waals surface area contributed by atoms with E-state index >= 15 is 0 Å². The van der Waals surface area contributed by atoms with Crippen LogP contribution in [0.4, 0.5) is 5.13 Å². The van der Waals surface area contributed by atoms with Crippen molar-refractivity contribution in [2.75, 3.05) is 30.0 Å². The van der Waals surface area contributed by atoms with Gasteiger partial charge in [-0.3, -0.25) is 19.3 Å². The fraction of sp³-hybridized carbons (Fsp3) is 0.583. The van der Waals surface area contributed by atoms with E-state index in [1.807, 2.05) is 13.2 Å². The van der Waals surface area contributed by atoms with Gasteiger partial charge in [-0.05, 0) is 13.2 Å². The highest BCUT2D eigenvalue weighted by Crippen LogP contribution is 2.27. The molecule has 1 fully saturated rings. The van der Waals surface area contributed by atoms with Crippen molar-refractivity contribution in [3.63, 3.8) is 0 Å². The first-order chi connectivity index (χ1) is 10.5. The van der Waals surface area contributed by atoms with E-state index in [2.05, 4.69) is 15.5 Å². The minimum atomic E-state index is -0.279. The molecule has 1 aliphatic rings. The van der Waals surface area contributed by atoms with Crippen molar-refractivity contribution in [2.24, 2.45) is 5.92 Å². The van der Waals surface area contributed by atoms with Crippen molar-refractivity contribution in [3.05, 3.63) is 5.01 Å². The second-order valence-electron chi connectivity index (χ2n) is 4.40. The number of carbonyl (C=O) groups is 3. The van der Waals surface area contributed by atoms with Gasteiger partial charge in [0.2, 0.25) is 16.9 Å². The van der Waals surface area contributed by atoms with Crippen LogP contribution < -0.4 is 10.2 Å². The molecule has 10 heteroatoms. The Hall–Kier alpha value is -1.68. The van der Waals surface area contributed by atoms with Gasteiger partial charge in [0.1, 0.15) is 5.01 Å². The van der Waals surface area contributed by atoms with E-state index in [1.54, 1.807) is 16.7 Å². The highest BCUT2D eigenvalue weighted by Gasteiger charge is 2.36. The van der Waals surface area contributed by atoms with Crippen molar-refractivity contribution in [1.82, 2.24) is 15.5 Å². The molecule has 0 aliphatic carbocycles. The summed E-state index contributed by atoms with van der Waals surface area (Å²) in [4.78, 5) is 33.7. The summed E-state index contributed by atoms with van der Waals surface area (Å²) in [5.41, 5.74) is 0. The minimum absolute atomic E-state index is 0.0499. The number of rotatable bonds is 5. The Balaban J connectivity index is 0.000000745. The van der Waals surface area contributed by atoms with E-state index in [1.165, 1.54) is 11.3 Å². The molecule has 1 unspecified atom stereocenters. The third kappa shape index (κ3) is 5.26. The topological polar surface area (TPSA) is 112 Å². The molecule has 2 N–H and O–H groups in total. The van der Waals surface area contributed by atoms with Crippen LogP contribution in [0.3, 0.4) is 0 Å². The first-order valence-electron chi connectivity index (χ1n) is 6.48. The SMILES string of the molecule is CSCCNC(=O)C1CC(=O)N(c2nnc(C)s2)C1.O=CO. The van der Waals surface area contributed by atoms with Crippen LogP contribution in [0.1, 0.15) is 11.4 Å². The van der Waals surface area contributed by atoms with Crippen molar-refractivity contribution in [2.45, 2.75) is 13.3 Å². The second kappa shape index (κ2) is 9.36. The van der Waals surface area contributed by atoms with E-state index in [0.717, 1.165) is 10.8 Å². The number of hydrogen-bond acceptors (Lipinski definition) is 7. The lowest BCUT2D eigenvalue weighted by atomic mass is 10.1. The molecule has 1 aliphatic heterocycles. The van der Waals surface area contributed by atoms with E-state index < -0.39 is 0 Å². The maximum absolute atomic E-state index is 11.9. The zero-order chi connectivity index (χ0) is 16.5. The second-order valence-corrected chi connectivity index (χ2v) is 6.54. The summed E-state index contributed by atoms with van der Waals surface area (Å²) in [5.74, 6) is 0.497. The van der Waals surface area contributed by atoms with E-state index in [-0.39, 0.29) is 30.6 Å². The normalized spacial score (nSPS) is 16.9. The molecule has 22 heavy (non-hydrogen) atoms. The highest BCUT2D eigenvalue weighted by molar-refractivity contribution is 7.98. The first kappa shape index (κ1) is 18.4. The van der Waals surface area contributed by atoms with Gasteiger partial charge in [0.05, 0.1) is 5.92 Å². The number of carbonyl (C=O) groups excluding carboxylic acids is 2. The van der Waals surface area contributed by atoms with Crippen molar-refractivity contribution in [3.8, 4) is 0 Å². The van der Waals surface area contributed by atoms with Crippen molar-refractivity contribution < 1.29 is 19.5 Å². The lowest BCUT2D eigenvalue weighted by Crippen LogP contribution is -2.34. The number of nitrogens with one attached hydrogen (secondary N) is 1. The average molecular weight is 346 g/mol. The van der Waals surface area contributed by atoms with E-state index in [9.17, 15) is 9.59 Å². The number of thioether (sulfide) groups is 1. The number of hydrogen-bond donors (Lipinski definition) is 2. The Morgan fingerprint density at radius 1 is 1.59 bits per heavy atom. The van der Waals surface area contributed by atoms with Crippen LogP contribution in [-0.4, -0.2) is 58.7 Å². The number of amides is 2. The molecule has 0 radical (unpaired) electrons. The predicted molar refractivity (Wildman–Crippen MR) is 85.2 cm³/mol. The van der Waals surface area contributed by atoms with Gasteiger partial charge in [-0.15, -0.1) is 10.2 Å². The quantitative estimate of drug-likeness (QED) is 0.585. The summed E-state index contributed by atoms with van der Waals surface area (Å²) >= 11 is 3.05. The molecule has 0 bridgehead atoms. The van der Waals surface area contributed by atoms with Crippen LogP contribution in [0.2, 0.25) is 0 Å². The Kier molecular flexibility index (Phi) is 7.82. The van der Waals surface area contributed by atoms with Gasteiger partial charge in [0, 0.05) is 25.3 Å². The number of aryl methyl sites for hydroxylation is 1. The summed E-state index contributed by atoms with van der Waals surface area (Å²) in [6, 6.07) is 0. The van der Waals surface area contributed by atoms with Crippen LogP contribution in [0.25, 0.3) is 0 Å². The summed E-state index contributed by atoms with van der Waals surface area (Å²) in [5, 5.41) is 19.0. The van der Waals surface area contributed by atoms with Gasteiger partial charge < -0.3 is 10.4 Å². The molecular weight excluding hydrogens is 328 g/mol. The molecule has 2 amide bonds. The van der Waals surface area contributed by atoms with Crippen LogP contribution in [-0.2, 0) is 14.4 Å². The molecule has 2 heterocycles. The lowest BCUT2D eigenvalue weighted by molar-refractivity contribution is -0.126. The van der Waals surface area contributed by atoms with Gasteiger partial charge >= 0.3 is 0 Å². The molecule has 1 aromatic heterocycles. The summed E-state index contributed by atoms with van der Waals surface area (Å²) in [6.45, 7) is 2.63. The van der Waals surface area contributed by atoms with Crippen LogP contribution in [0.5, 0.6) is 0 Å². The zero-order valence-corrected chi connectivity index (χ0v) is 13.9. The Morgan fingerprint density at radius 3 is 2.82 bits per heavy atom. The number of anilines is 1. The molecule has 8 nitrogen and oxygen atoms in total. The van der Waals surface area contributed by atoms with Gasteiger partial charge in [-0.25, -0.2) is 0 Å². The molecule has 1 aromatic rings. The smallest absolute Gasteiger partial charge is 0.290 e. The van der Waals surface area contributed by atoms with Crippen LogP contribution >= 0.6 is 23.1 Å². The molecule has 0 spiro atoms. The fourth-order valence-corrected chi connectivity index (χ4v) is 2.90. The lowest BCUT2D eigenvalue weighted by Gasteiger charge is -2.12. The first-order valence-corrected chi connectivity index (χ1v) is 8.69. The monoisotopic (exact) mass is 346 g/mol. The van der Waals surface area contributed by atoms with E-state index in [4.69, 9.17) is 9.90 Å². The summed E-state index contributed by atoms with van der Waals surface area (Å²) < 4.78 is 0. The van der Waals surface area contributed by atoms with Gasteiger partial charge in [-0.1, -0.05) is 11.3 Å². The van der Waals surface area contributed by atoms with Gasteiger partial charge in [0.15, 0.2) is 0 Å². The van der Waals surface area contributed by atoms with Gasteiger partial charge in [-0.2, -0.15) is 11.8 Å². The third-order valence-corrected chi connectivity index (χ3v) is 4.32. The number of nitrogens with zero attached hydrogens (tertiary/aromatic N) is 3. The Bertz CT molecular complexity index is 523. The maximum Gasteiger partial charge on any atom is 0.290 e. The zero-order valence-electron chi connectivity index (χ0n) is 12.3. The summed E-state index contributed by atoms with van der Waals surface area (Å²) in [6.07, 6.45) is 2.24. The molecular formula is C12H18N4O4S2. The average Bonchev–Trinajstić information content (AvgIpc) is 3.06. The standard InChI is InChI=1S/C11H16N4O2S2.CH2O2/c1-7-13-14-11(19-7)15-6-8(5-9(15)16)10(17)12-3-4-18-2;2-1-3/h8H,3-6H2,1-2H3,(H,12,17);1H,(H,2,3). The minimum Gasteiger partial charge on any atom is -0.483 e. The van der Waals surface area contributed by atoms with Crippen molar-refractivity contribution in [1.29, 1.82) is 0 Å². The number of aromatic nitrogens is 2. The largest absolute Gasteiger partial charge is 0.483 e. The van der Waals surface area contributed by atoms with Gasteiger partial charge in [0.25, 0.3) is 6.47 Å². The number of carboxylic acid groups (broad SMARTS) is 1. The Labute approximate surface area is 136 Å². The molecule has 122 valence electrons. The molecule has 2 rings (SSSR count). The fourth-order valence-electron chi connectivity index (χ4n) is 1.88. The maximum atomic E-state index is 11.9. The third-order valence-electron chi connectivity index (χ3n) is 2.85. The molecule has 1 saturated heterocycles. The van der Waals surface area contributed by atoms with Crippen LogP contribution in [0.15, 0.2) is 0 Å². The summed E-state index contributed by atoms with van der Waals surface area (Å²) in [7, 11) is 0. The van der Waals surface area contributed by atoms with Crippen molar-refractivity contribution >= 4 is 46.5 Å². The Morgan fingerprint density at radius 2 is 2.27 bits per heavy atom. The van der Waals surface area contributed by atoms with Crippen LogP contribution in [0, 0.1) is 12.8 Å². The molecule has 1 atom stereocenters. The molecule has 0 aromatic carbocycles. The highest BCUT2D eigenvalue weighted by atomic mass is 32.2.